The fourth-order valence-electron chi connectivity index (χ4n) is 13.1. The average Bonchev–Trinajstić information content (AvgIpc) is 4.08. The van der Waals surface area contributed by atoms with Crippen LogP contribution < -0.4 is 14.4 Å². The van der Waals surface area contributed by atoms with Crippen LogP contribution >= 0.6 is 0 Å². The molecule has 15 heteroatoms. The van der Waals surface area contributed by atoms with Gasteiger partial charge in [0.1, 0.15) is 49.4 Å². The highest BCUT2D eigenvalue weighted by Gasteiger charge is 2.60. The maximum Gasteiger partial charge on any atom is 0.411 e. The number of carbonyl (C=O) groups excluding carboxylic acids is 1. The molecule has 11 nitrogen and oxygen atoms in total. The largest absolute Gasteiger partial charge is 0.468 e. The molecule has 69 heavy (non-hydrogen) atoms. The first-order valence-corrected chi connectivity index (χ1v) is 27.4. The number of amides is 1. The van der Waals surface area contributed by atoms with Gasteiger partial charge in [-0.3, -0.25) is 9.80 Å². The Hall–Kier alpha value is -4.62. The van der Waals surface area contributed by atoms with Gasteiger partial charge in [-0.15, -0.1) is 5.54 Å². The summed E-state index contributed by atoms with van der Waals surface area (Å²) in [7, 11) is -0.808. The number of halogens is 3. The molecular formula is C54H70F3N5O6Si. The van der Waals surface area contributed by atoms with Crippen LogP contribution in [0.25, 0.3) is 32.8 Å². The Morgan fingerprint density at radius 1 is 0.957 bits per heavy atom. The monoisotopic (exact) mass is 970 g/mol. The van der Waals surface area contributed by atoms with Crippen molar-refractivity contribution < 1.29 is 41.7 Å². The zero-order chi connectivity index (χ0) is 49.2. The minimum atomic E-state index is -2.33. The number of rotatable bonds is 12. The molecule has 3 aromatic carbocycles. The normalized spacial score (nSPS) is 25.1. The number of benzene rings is 3. The zero-order valence-electron chi connectivity index (χ0n) is 42.1. The molecule has 5 saturated heterocycles. The molecule has 4 aromatic rings. The third kappa shape index (κ3) is 8.84. The molecule has 0 saturated carbocycles. The van der Waals surface area contributed by atoms with Gasteiger partial charge in [-0.2, -0.15) is 9.97 Å². The molecule has 5 aliphatic heterocycles. The van der Waals surface area contributed by atoms with E-state index < -0.39 is 42.6 Å². The lowest BCUT2D eigenvalue weighted by molar-refractivity contribution is -0.0556. The van der Waals surface area contributed by atoms with Crippen molar-refractivity contribution in [1.82, 2.24) is 19.8 Å². The lowest BCUT2D eigenvalue weighted by Gasteiger charge is -2.51. The van der Waals surface area contributed by atoms with E-state index in [4.69, 9.17) is 33.7 Å². The smallest absolute Gasteiger partial charge is 0.411 e. The third-order valence-corrected chi connectivity index (χ3v) is 22.3. The first-order valence-electron chi connectivity index (χ1n) is 25.1. The lowest BCUT2D eigenvalue weighted by Crippen LogP contribution is -2.68. The van der Waals surface area contributed by atoms with Crippen molar-refractivity contribution in [3.8, 4) is 34.4 Å². The Morgan fingerprint density at radius 2 is 1.72 bits per heavy atom. The molecule has 1 amide bonds. The number of anilines is 1. The van der Waals surface area contributed by atoms with E-state index in [-0.39, 0.29) is 54.3 Å². The predicted molar refractivity (Wildman–Crippen MR) is 266 cm³/mol. The Kier molecular flexibility index (Phi) is 13.5. The topological polar surface area (TPSA) is 98.7 Å². The van der Waals surface area contributed by atoms with Gasteiger partial charge in [0.2, 0.25) is 0 Å². The first-order chi connectivity index (χ1) is 32.8. The molecule has 1 aromatic heterocycles. The predicted octanol–water partition coefficient (Wildman–Crippen LogP) is 11.4. The number of hydrogen-bond donors (Lipinski definition) is 0. The molecule has 0 radical (unpaired) electrons. The minimum absolute atomic E-state index is 0.0161. The van der Waals surface area contributed by atoms with Crippen LogP contribution in [-0.2, 0) is 14.2 Å². The Labute approximate surface area is 406 Å². The highest BCUT2D eigenvalue weighted by atomic mass is 28.3. The summed E-state index contributed by atoms with van der Waals surface area (Å²) in [5.41, 5.74) is 3.46. The van der Waals surface area contributed by atoms with Crippen LogP contribution in [0, 0.1) is 23.1 Å². The van der Waals surface area contributed by atoms with E-state index in [2.05, 4.69) is 62.8 Å². The van der Waals surface area contributed by atoms with Crippen LogP contribution in [0.3, 0.4) is 0 Å². The van der Waals surface area contributed by atoms with Gasteiger partial charge in [-0.25, -0.2) is 18.0 Å². The molecular weight excluding hydrogens is 900 g/mol. The maximum atomic E-state index is 18.2. The van der Waals surface area contributed by atoms with Crippen molar-refractivity contribution in [1.29, 1.82) is 0 Å². The third-order valence-electron chi connectivity index (χ3n) is 16.0. The fraction of sp³-hybridized carbons (Fsp3) is 0.611. The molecule has 5 fully saturated rings. The van der Waals surface area contributed by atoms with Crippen molar-refractivity contribution in [2.24, 2.45) is 0 Å². The minimum Gasteiger partial charge on any atom is -0.468 e. The highest BCUT2D eigenvalue weighted by molar-refractivity contribution is 6.90. The summed E-state index contributed by atoms with van der Waals surface area (Å²) in [6, 6.07) is 9.87. The maximum absolute atomic E-state index is 18.2. The van der Waals surface area contributed by atoms with E-state index >= 15 is 13.2 Å². The van der Waals surface area contributed by atoms with E-state index in [1.165, 1.54) is 13.2 Å². The number of nitrogens with zero attached hydrogens (tertiary/aromatic N) is 5. The average molecular weight is 970 g/mol. The molecule has 2 bridgehead atoms. The molecule has 0 unspecified atom stereocenters. The molecule has 0 N–H and O–H groups in total. The van der Waals surface area contributed by atoms with Gasteiger partial charge in [0.25, 0.3) is 0 Å². The first kappa shape index (κ1) is 49.4. The zero-order valence-corrected chi connectivity index (χ0v) is 43.1. The second kappa shape index (κ2) is 18.8. The molecule has 5 aliphatic rings. The van der Waals surface area contributed by atoms with Crippen LogP contribution in [0.4, 0.5) is 23.8 Å². The van der Waals surface area contributed by atoms with E-state index in [1.54, 1.807) is 24.3 Å². The van der Waals surface area contributed by atoms with Crippen LogP contribution in [-0.4, -0.2) is 122 Å². The van der Waals surface area contributed by atoms with Crippen molar-refractivity contribution in [3.05, 3.63) is 53.6 Å². The number of fused-ring (bicyclic) bond motifs is 5. The van der Waals surface area contributed by atoms with Gasteiger partial charge in [-0.05, 0) is 118 Å². The summed E-state index contributed by atoms with van der Waals surface area (Å²) in [5, 5.41) is 1.54. The number of piperazine rings is 1. The van der Waals surface area contributed by atoms with Gasteiger partial charge < -0.3 is 28.6 Å². The van der Waals surface area contributed by atoms with Gasteiger partial charge in [0, 0.05) is 56.1 Å². The van der Waals surface area contributed by atoms with Gasteiger partial charge >= 0.3 is 12.1 Å². The second-order valence-corrected chi connectivity index (χ2v) is 27.8. The Morgan fingerprint density at radius 3 is 2.42 bits per heavy atom. The van der Waals surface area contributed by atoms with E-state index in [9.17, 15) is 4.79 Å². The van der Waals surface area contributed by atoms with Crippen molar-refractivity contribution in [2.75, 3.05) is 58.2 Å². The second-order valence-electron chi connectivity index (χ2n) is 22.2. The summed E-state index contributed by atoms with van der Waals surface area (Å²) in [4.78, 5) is 30.3. The standard InChI is InChI=1S/C54H70F3N5O6Si/c1-33(2)69(34(3)4,35(5)6)24-19-41-44(56)17-14-36-25-39(67-32-64-10)26-43(46(36)41)40-15-16-42-48(47(40)57)58-50(66-31-53-20-12-22-61(53)28-37(55)27-53)59-49(42)60-29-38-18-21-54(30-60,45-13-11-23-65-45)62(38)51(63)68-52(7,8)9/h14-17,25-26,33-35,37-38,45H,11-13,18,20-23,27-32H2,1-10H3/t37-,38+,45+,53+,54-/m1/s1. The summed E-state index contributed by atoms with van der Waals surface area (Å²) >= 11 is 0. The van der Waals surface area contributed by atoms with Crippen LogP contribution in [0.5, 0.6) is 11.8 Å². The van der Waals surface area contributed by atoms with Crippen LogP contribution in [0.2, 0.25) is 16.6 Å². The van der Waals surface area contributed by atoms with Crippen LogP contribution in [0.15, 0.2) is 36.4 Å². The molecule has 372 valence electrons. The quantitative estimate of drug-likeness (QED) is 0.0775. The number of methoxy groups -OCH3 is 1. The van der Waals surface area contributed by atoms with Gasteiger partial charge in [0.15, 0.2) is 12.6 Å². The number of hydrogen-bond acceptors (Lipinski definition) is 10. The summed E-state index contributed by atoms with van der Waals surface area (Å²) in [5.74, 6) is 3.10. The number of ether oxygens (including phenoxy) is 5. The lowest BCUT2D eigenvalue weighted by atomic mass is 9.86. The number of alkyl halides is 1. The van der Waals surface area contributed by atoms with Crippen molar-refractivity contribution in [3.63, 3.8) is 0 Å². The van der Waals surface area contributed by atoms with Gasteiger partial charge in [0.05, 0.1) is 28.8 Å². The number of aromatic nitrogens is 2. The summed E-state index contributed by atoms with van der Waals surface area (Å²) in [6.45, 7) is 21.5. The number of carbonyl (C=O) groups is 1. The van der Waals surface area contributed by atoms with E-state index in [1.807, 2.05) is 31.7 Å². The Balaban J connectivity index is 1.22. The highest BCUT2D eigenvalue weighted by Crippen LogP contribution is 2.49. The SMILES string of the molecule is COCOc1cc(-c2ccc3c(N4C[C@@H]5CC[C@]([C@@H]6CCCO6)(C4)N5C(=O)OC(C)(C)C)nc(OC[C@@]45CCCN4C[C@H](F)C5)nc3c2F)c2c(C#C[Si](C(C)C)(C(C)C)C(C)C)c(F)ccc2c1. The van der Waals surface area contributed by atoms with Crippen molar-refractivity contribution >= 4 is 41.7 Å². The van der Waals surface area contributed by atoms with Crippen molar-refractivity contribution in [2.45, 2.75) is 159 Å². The molecule has 0 spiro atoms. The molecule has 0 aliphatic carbocycles. The molecule has 9 rings (SSSR count). The molecule has 5 atom stereocenters. The Bertz CT molecular complexity index is 2640. The van der Waals surface area contributed by atoms with E-state index in [0.717, 1.165) is 38.6 Å². The summed E-state index contributed by atoms with van der Waals surface area (Å²) < 4.78 is 80.1. The summed E-state index contributed by atoms with van der Waals surface area (Å²) in [6.07, 6.45) is 3.57. The molecule has 6 heterocycles. The van der Waals surface area contributed by atoms with E-state index in [0.29, 0.717) is 89.0 Å². The van der Waals surface area contributed by atoms with Crippen LogP contribution in [0.1, 0.15) is 113 Å². The fourth-order valence-corrected chi connectivity index (χ4v) is 18.3. The van der Waals surface area contributed by atoms with Gasteiger partial charge in [-0.1, -0.05) is 59.6 Å².